The van der Waals surface area contributed by atoms with Gasteiger partial charge in [-0.05, 0) is 35.1 Å². The number of rotatable bonds is 3. The number of halogens is 2. The fourth-order valence-electron chi connectivity index (χ4n) is 1.78. The van der Waals surface area contributed by atoms with Crippen LogP contribution in [0.1, 0.15) is 11.1 Å². The Kier molecular flexibility index (Phi) is 4.39. The number of hydrogen-bond donors (Lipinski definition) is 0. The predicted octanol–water partition coefficient (Wildman–Crippen LogP) is 2.77. The van der Waals surface area contributed by atoms with Crippen molar-refractivity contribution in [2.45, 2.75) is 13.5 Å². The third kappa shape index (κ3) is 2.83. The largest absolute Gasteiger partial charge is 0.294 e. The molecule has 1 aromatic heterocycles. The van der Waals surface area contributed by atoms with Crippen LogP contribution in [0.25, 0.3) is 0 Å². The van der Waals surface area contributed by atoms with Gasteiger partial charge in [-0.15, -0.1) is 0 Å². The molecule has 0 aliphatic carbocycles. The van der Waals surface area contributed by atoms with Gasteiger partial charge in [-0.2, -0.15) is 0 Å². The number of benzene rings is 1. The van der Waals surface area contributed by atoms with Crippen LogP contribution in [0.5, 0.6) is 0 Å². The van der Waals surface area contributed by atoms with Gasteiger partial charge in [0, 0.05) is 11.6 Å². The maximum absolute atomic E-state index is 12.0. The van der Waals surface area contributed by atoms with E-state index in [1.807, 2.05) is 22.6 Å². The van der Waals surface area contributed by atoms with Gasteiger partial charge >= 0.3 is 0 Å². The van der Waals surface area contributed by atoms with Gasteiger partial charge in [-0.25, -0.2) is 4.98 Å². The highest BCUT2D eigenvalue weighted by molar-refractivity contribution is 14.1. The molecule has 6 nitrogen and oxygen atoms in total. The van der Waals surface area contributed by atoms with Crippen molar-refractivity contribution in [2.24, 2.45) is 0 Å². The molecule has 0 atom stereocenters. The lowest BCUT2D eigenvalue weighted by atomic mass is 10.1. The monoisotopic (exact) mass is 405 g/mol. The molecule has 0 bridgehead atoms. The highest BCUT2D eigenvalue weighted by Gasteiger charge is 2.14. The molecule has 0 aliphatic rings. The number of nitro benzene ring substituents is 1. The van der Waals surface area contributed by atoms with E-state index in [0.29, 0.717) is 14.7 Å². The number of aromatic nitrogens is 2. The van der Waals surface area contributed by atoms with Crippen molar-refractivity contribution in [3.8, 4) is 0 Å². The van der Waals surface area contributed by atoms with Crippen LogP contribution in [0.3, 0.4) is 0 Å². The first kappa shape index (κ1) is 14.9. The minimum atomic E-state index is -0.439. The van der Waals surface area contributed by atoms with Gasteiger partial charge in [-0.3, -0.25) is 19.5 Å². The van der Waals surface area contributed by atoms with Crippen molar-refractivity contribution in [3.05, 3.63) is 64.8 Å². The molecule has 0 unspecified atom stereocenters. The first-order valence-corrected chi connectivity index (χ1v) is 7.00. The van der Waals surface area contributed by atoms with Crippen molar-refractivity contribution in [2.75, 3.05) is 0 Å². The van der Waals surface area contributed by atoms with E-state index in [4.69, 9.17) is 11.6 Å². The Morgan fingerprint density at radius 3 is 2.85 bits per heavy atom. The van der Waals surface area contributed by atoms with Crippen molar-refractivity contribution in [1.29, 1.82) is 0 Å². The Morgan fingerprint density at radius 1 is 1.50 bits per heavy atom. The van der Waals surface area contributed by atoms with E-state index >= 15 is 0 Å². The summed E-state index contributed by atoms with van der Waals surface area (Å²) in [6, 6.07) is 4.78. The third-order valence-electron chi connectivity index (χ3n) is 2.89. The van der Waals surface area contributed by atoms with E-state index in [0.717, 1.165) is 0 Å². The molecule has 1 heterocycles. The van der Waals surface area contributed by atoms with Crippen LogP contribution in [0.15, 0.2) is 29.3 Å². The topological polar surface area (TPSA) is 78.0 Å². The maximum atomic E-state index is 12.0. The highest BCUT2D eigenvalue weighted by atomic mass is 127. The molecule has 0 fully saturated rings. The molecule has 0 spiro atoms. The molecule has 0 saturated heterocycles. The lowest BCUT2D eigenvalue weighted by Gasteiger charge is -2.09. The van der Waals surface area contributed by atoms with Gasteiger partial charge in [0.25, 0.3) is 11.2 Å². The first-order chi connectivity index (χ1) is 9.41. The molecule has 2 aromatic rings. The molecule has 0 N–H and O–H groups in total. The van der Waals surface area contributed by atoms with E-state index in [-0.39, 0.29) is 22.9 Å². The minimum Gasteiger partial charge on any atom is -0.294 e. The van der Waals surface area contributed by atoms with Crippen LogP contribution < -0.4 is 5.56 Å². The van der Waals surface area contributed by atoms with E-state index < -0.39 is 4.92 Å². The molecule has 0 amide bonds. The molecule has 0 saturated carbocycles. The lowest BCUT2D eigenvalue weighted by molar-refractivity contribution is -0.385. The van der Waals surface area contributed by atoms with Crippen molar-refractivity contribution < 1.29 is 4.92 Å². The van der Waals surface area contributed by atoms with Gasteiger partial charge in [0.1, 0.15) is 8.72 Å². The van der Waals surface area contributed by atoms with Gasteiger partial charge in [0.05, 0.1) is 17.8 Å². The van der Waals surface area contributed by atoms with Crippen molar-refractivity contribution in [1.82, 2.24) is 9.55 Å². The fourth-order valence-corrected chi connectivity index (χ4v) is 2.35. The standard InChI is InChI=1S/C12H9ClIN3O3/c1-7-8(3-2-4-9(7)17(19)20)5-16-6-15-11(13)10(14)12(16)18/h2-4,6H,5H2,1H3. The van der Waals surface area contributed by atoms with Gasteiger partial charge in [0.2, 0.25) is 0 Å². The van der Waals surface area contributed by atoms with Gasteiger partial charge in [-0.1, -0.05) is 23.7 Å². The normalized spacial score (nSPS) is 10.6. The van der Waals surface area contributed by atoms with Gasteiger partial charge < -0.3 is 0 Å². The Morgan fingerprint density at radius 2 is 2.20 bits per heavy atom. The molecular formula is C12H9ClIN3O3. The van der Waals surface area contributed by atoms with E-state index in [9.17, 15) is 14.9 Å². The molecule has 20 heavy (non-hydrogen) atoms. The quantitative estimate of drug-likeness (QED) is 0.340. The van der Waals surface area contributed by atoms with Crippen LogP contribution in [0, 0.1) is 20.6 Å². The summed E-state index contributed by atoms with van der Waals surface area (Å²) in [6.45, 7) is 1.87. The zero-order valence-electron chi connectivity index (χ0n) is 10.3. The van der Waals surface area contributed by atoms with E-state index in [1.165, 1.54) is 17.0 Å². The van der Waals surface area contributed by atoms with Crippen molar-refractivity contribution >= 4 is 39.9 Å². The van der Waals surface area contributed by atoms with Crippen LogP contribution in [0.2, 0.25) is 5.15 Å². The second kappa shape index (κ2) is 5.88. The lowest BCUT2D eigenvalue weighted by Crippen LogP contribution is -2.24. The first-order valence-electron chi connectivity index (χ1n) is 5.55. The summed E-state index contributed by atoms with van der Waals surface area (Å²) in [5.41, 5.74) is 0.999. The summed E-state index contributed by atoms with van der Waals surface area (Å²) >= 11 is 7.59. The van der Waals surface area contributed by atoms with Crippen LogP contribution >= 0.6 is 34.2 Å². The SMILES string of the molecule is Cc1c(Cn2cnc(Cl)c(I)c2=O)cccc1[N+](=O)[O-]. The Hall–Kier alpha value is -1.48. The molecule has 8 heteroatoms. The molecular weight excluding hydrogens is 397 g/mol. The summed E-state index contributed by atoms with van der Waals surface area (Å²) in [4.78, 5) is 26.4. The minimum absolute atomic E-state index is 0.0344. The summed E-state index contributed by atoms with van der Waals surface area (Å²) in [6.07, 6.45) is 1.34. The second-order valence-corrected chi connectivity index (χ2v) is 5.54. The maximum Gasteiger partial charge on any atom is 0.272 e. The summed E-state index contributed by atoms with van der Waals surface area (Å²) in [7, 11) is 0. The fraction of sp³-hybridized carbons (Fsp3) is 0.167. The van der Waals surface area contributed by atoms with Crippen LogP contribution in [-0.2, 0) is 6.54 Å². The Labute approximate surface area is 132 Å². The summed E-state index contributed by atoms with van der Waals surface area (Å²) < 4.78 is 1.70. The number of nitrogens with zero attached hydrogens (tertiary/aromatic N) is 3. The predicted molar refractivity (Wildman–Crippen MR) is 83.2 cm³/mol. The number of nitro groups is 1. The van der Waals surface area contributed by atoms with Gasteiger partial charge in [0.15, 0.2) is 0 Å². The smallest absolute Gasteiger partial charge is 0.272 e. The third-order valence-corrected chi connectivity index (χ3v) is 4.47. The molecule has 104 valence electrons. The van der Waals surface area contributed by atoms with E-state index in [1.54, 1.807) is 19.1 Å². The van der Waals surface area contributed by atoms with Crippen LogP contribution in [0.4, 0.5) is 5.69 Å². The molecule has 1 aromatic carbocycles. The average molecular weight is 406 g/mol. The molecule has 0 radical (unpaired) electrons. The zero-order chi connectivity index (χ0) is 14.9. The van der Waals surface area contributed by atoms with E-state index in [2.05, 4.69) is 4.98 Å². The summed E-state index contributed by atoms with van der Waals surface area (Å²) in [5, 5.41) is 11.1. The molecule has 0 aliphatic heterocycles. The Bertz CT molecular complexity index is 745. The zero-order valence-corrected chi connectivity index (χ0v) is 13.3. The molecule has 2 rings (SSSR count). The highest BCUT2D eigenvalue weighted by Crippen LogP contribution is 2.21. The van der Waals surface area contributed by atoms with Crippen LogP contribution in [-0.4, -0.2) is 14.5 Å². The average Bonchev–Trinajstić information content (AvgIpc) is 2.41. The Balaban J connectivity index is 2.46. The second-order valence-electron chi connectivity index (χ2n) is 4.10. The van der Waals surface area contributed by atoms with Crippen molar-refractivity contribution in [3.63, 3.8) is 0 Å². The summed E-state index contributed by atoms with van der Waals surface area (Å²) in [5.74, 6) is 0. The number of hydrogen-bond acceptors (Lipinski definition) is 4.